The summed E-state index contributed by atoms with van der Waals surface area (Å²) in [5.41, 5.74) is 4.51. The van der Waals surface area contributed by atoms with Crippen LogP contribution in [0.15, 0.2) is 18.2 Å². The van der Waals surface area contributed by atoms with Crippen molar-refractivity contribution in [3.8, 4) is 5.75 Å². The van der Waals surface area contributed by atoms with Gasteiger partial charge in [0.15, 0.2) is 6.79 Å². The van der Waals surface area contributed by atoms with Crippen LogP contribution < -0.4 is 10.5 Å². The van der Waals surface area contributed by atoms with Crippen LogP contribution in [0.3, 0.4) is 0 Å². The van der Waals surface area contributed by atoms with Crippen molar-refractivity contribution in [1.29, 1.82) is 0 Å². The average Bonchev–Trinajstić information content (AvgIpc) is 2.37. The SMILES string of the molecule is COCCOCOc1ccc(CN)c(C(F)(F)F)c1. The first-order valence-corrected chi connectivity index (χ1v) is 5.58. The second kappa shape index (κ2) is 7.32. The van der Waals surface area contributed by atoms with Crippen molar-refractivity contribution in [3.63, 3.8) is 0 Å². The molecule has 0 spiro atoms. The molecule has 1 rings (SSSR count). The van der Waals surface area contributed by atoms with Crippen LogP contribution in [-0.4, -0.2) is 27.1 Å². The minimum atomic E-state index is -4.45. The van der Waals surface area contributed by atoms with Gasteiger partial charge in [-0.1, -0.05) is 6.07 Å². The molecule has 0 fully saturated rings. The number of hydrogen-bond donors (Lipinski definition) is 1. The van der Waals surface area contributed by atoms with E-state index in [-0.39, 0.29) is 24.7 Å². The molecule has 0 aliphatic rings. The highest BCUT2D eigenvalue weighted by Crippen LogP contribution is 2.34. The summed E-state index contributed by atoms with van der Waals surface area (Å²) in [5.74, 6) is 0.0851. The Bertz CT molecular complexity index is 396. The topological polar surface area (TPSA) is 53.7 Å². The predicted molar refractivity (Wildman–Crippen MR) is 62.7 cm³/mol. The Kier molecular flexibility index (Phi) is 6.07. The van der Waals surface area contributed by atoms with Crippen molar-refractivity contribution >= 4 is 0 Å². The Labute approximate surface area is 109 Å². The lowest BCUT2D eigenvalue weighted by Gasteiger charge is -2.14. The molecular formula is C12H16F3NO3. The lowest BCUT2D eigenvalue weighted by molar-refractivity contribution is -0.138. The maximum Gasteiger partial charge on any atom is 0.416 e. The smallest absolute Gasteiger partial charge is 0.416 e. The van der Waals surface area contributed by atoms with E-state index >= 15 is 0 Å². The van der Waals surface area contributed by atoms with Gasteiger partial charge in [0.25, 0.3) is 0 Å². The first kappa shape index (κ1) is 15.7. The van der Waals surface area contributed by atoms with Crippen LogP contribution in [0.5, 0.6) is 5.75 Å². The fraction of sp³-hybridized carbons (Fsp3) is 0.500. The van der Waals surface area contributed by atoms with Gasteiger partial charge < -0.3 is 19.9 Å². The third kappa shape index (κ3) is 5.06. The maximum absolute atomic E-state index is 12.7. The second-order valence-electron chi connectivity index (χ2n) is 3.68. The van der Waals surface area contributed by atoms with Crippen molar-refractivity contribution < 1.29 is 27.4 Å². The third-order valence-electron chi connectivity index (χ3n) is 2.35. The van der Waals surface area contributed by atoms with E-state index in [1.807, 2.05) is 0 Å². The van der Waals surface area contributed by atoms with E-state index in [0.717, 1.165) is 6.07 Å². The van der Waals surface area contributed by atoms with Gasteiger partial charge in [-0.25, -0.2) is 0 Å². The number of hydrogen-bond acceptors (Lipinski definition) is 4. The molecule has 0 saturated heterocycles. The van der Waals surface area contributed by atoms with E-state index in [2.05, 4.69) is 0 Å². The Morgan fingerprint density at radius 3 is 2.53 bits per heavy atom. The van der Waals surface area contributed by atoms with Crippen LogP contribution >= 0.6 is 0 Å². The summed E-state index contributed by atoms with van der Waals surface area (Å²) in [6.07, 6.45) is -4.45. The van der Waals surface area contributed by atoms with Crippen molar-refractivity contribution in [3.05, 3.63) is 29.3 Å². The second-order valence-corrected chi connectivity index (χ2v) is 3.68. The largest absolute Gasteiger partial charge is 0.468 e. The number of ether oxygens (including phenoxy) is 3. The van der Waals surface area contributed by atoms with Gasteiger partial charge in [-0.05, 0) is 17.7 Å². The van der Waals surface area contributed by atoms with E-state index < -0.39 is 11.7 Å². The molecule has 0 amide bonds. The van der Waals surface area contributed by atoms with Crippen LogP contribution in [-0.2, 0) is 22.2 Å². The van der Waals surface area contributed by atoms with Crippen LogP contribution in [0, 0.1) is 0 Å². The van der Waals surface area contributed by atoms with Crippen LogP contribution in [0.1, 0.15) is 11.1 Å². The molecule has 0 saturated carbocycles. The molecule has 2 N–H and O–H groups in total. The highest BCUT2D eigenvalue weighted by Gasteiger charge is 2.33. The van der Waals surface area contributed by atoms with Gasteiger partial charge in [-0.15, -0.1) is 0 Å². The molecule has 4 nitrogen and oxygen atoms in total. The molecule has 0 atom stereocenters. The molecule has 0 bridgehead atoms. The zero-order valence-corrected chi connectivity index (χ0v) is 10.5. The summed E-state index contributed by atoms with van der Waals surface area (Å²) in [5, 5.41) is 0. The van der Waals surface area contributed by atoms with E-state index in [4.69, 9.17) is 19.9 Å². The van der Waals surface area contributed by atoms with E-state index in [0.29, 0.717) is 13.2 Å². The zero-order valence-electron chi connectivity index (χ0n) is 10.5. The summed E-state index contributed by atoms with van der Waals surface area (Å²) in [4.78, 5) is 0. The number of rotatable bonds is 7. The van der Waals surface area contributed by atoms with Gasteiger partial charge in [0.05, 0.1) is 18.8 Å². The van der Waals surface area contributed by atoms with Crippen LogP contribution in [0.25, 0.3) is 0 Å². The number of halogens is 3. The van der Waals surface area contributed by atoms with Crippen LogP contribution in [0.2, 0.25) is 0 Å². The normalized spacial score (nSPS) is 11.6. The molecule has 0 aliphatic carbocycles. The predicted octanol–water partition coefficient (Wildman–Crippen LogP) is 2.16. The van der Waals surface area contributed by atoms with Crippen molar-refractivity contribution in [1.82, 2.24) is 0 Å². The van der Waals surface area contributed by atoms with E-state index in [1.165, 1.54) is 19.2 Å². The molecule has 1 aromatic rings. The third-order valence-corrected chi connectivity index (χ3v) is 2.35. The number of alkyl halides is 3. The average molecular weight is 279 g/mol. The lowest BCUT2D eigenvalue weighted by atomic mass is 10.1. The maximum atomic E-state index is 12.7. The molecule has 0 aliphatic heterocycles. The summed E-state index contributed by atoms with van der Waals surface area (Å²) in [6, 6.07) is 3.65. The van der Waals surface area contributed by atoms with Gasteiger partial charge in [-0.2, -0.15) is 13.2 Å². The Morgan fingerprint density at radius 2 is 1.95 bits per heavy atom. The van der Waals surface area contributed by atoms with E-state index in [9.17, 15) is 13.2 Å². The molecule has 1 aromatic carbocycles. The first-order valence-electron chi connectivity index (χ1n) is 5.58. The Hall–Kier alpha value is -1.31. The number of methoxy groups -OCH3 is 1. The zero-order chi connectivity index (χ0) is 14.3. The Morgan fingerprint density at radius 1 is 1.21 bits per heavy atom. The Balaban J connectivity index is 2.65. The first-order chi connectivity index (χ1) is 8.99. The van der Waals surface area contributed by atoms with Gasteiger partial charge in [0.1, 0.15) is 5.75 Å². The van der Waals surface area contributed by atoms with Gasteiger partial charge in [0, 0.05) is 13.7 Å². The fourth-order valence-corrected chi connectivity index (χ4v) is 1.40. The quantitative estimate of drug-likeness (QED) is 0.614. The number of benzene rings is 1. The van der Waals surface area contributed by atoms with Crippen LogP contribution in [0.4, 0.5) is 13.2 Å². The molecule has 0 radical (unpaired) electrons. The molecule has 0 unspecified atom stereocenters. The highest BCUT2D eigenvalue weighted by atomic mass is 19.4. The van der Waals surface area contributed by atoms with Crippen molar-refractivity contribution in [2.24, 2.45) is 5.73 Å². The summed E-state index contributed by atoms with van der Waals surface area (Å²) < 4.78 is 53.1. The lowest BCUT2D eigenvalue weighted by Crippen LogP contribution is -2.13. The number of nitrogens with two attached hydrogens (primary N) is 1. The molecule has 0 aromatic heterocycles. The molecular weight excluding hydrogens is 263 g/mol. The van der Waals surface area contributed by atoms with Crippen molar-refractivity contribution in [2.45, 2.75) is 12.7 Å². The molecule has 108 valence electrons. The molecule has 19 heavy (non-hydrogen) atoms. The van der Waals surface area contributed by atoms with Gasteiger partial charge in [-0.3, -0.25) is 0 Å². The van der Waals surface area contributed by atoms with Gasteiger partial charge >= 0.3 is 6.18 Å². The summed E-state index contributed by atoms with van der Waals surface area (Å²) in [6.45, 7) is 0.384. The monoisotopic (exact) mass is 279 g/mol. The fourth-order valence-electron chi connectivity index (χ4n) is 1.40. The molecule has 7 heteroatoms. The van der Waals surface area contributed by atoms with E-state index in [1.54, 1.807) is 0 Å². The van der Waals surface area contributed by atoms with Gasteiger partial charge in [0.2, 0.25) is 0 Å². The minimum Gasteiger partial charge on any atom is -0.468 e. The summed E-state index contributed by atoms with van der Waals surface area (Å²) >= 11 is 0. The minimum absolute atomic E-state index is 0.0279. The summed E-state index contributed by atoms with van der Waals surface area (Å²) in [7, 11) is 1.52. The molecule has 0 heterocycles. The highest BCUT2D eigenvalue weighted by molar-refractivity contribution is 5.37. The standard InChI is InChI=1S/C12H16F3NO3/c1-17-4-5-18-8-19-10-3-2-9(7-16)11(6-10)12(13,14)15/h2-3,6H,4-5,7-8,16H2,1H3. The van der Waals surface area contributed by atoms with Crippen molar-refractivity contribution in [2.75, 3.05) is 27.1 Å².